The maximum absolute atomic E-state index is 12.5. The highest BCUT2D eigenvalue weighted by Crippen LogP contribution is 2.29. The van der Waals surface area contributed by atoms with Crippen molar-refractivity contribution in [1.82, 2.24) is 9.03 Å². The van der Waals surface area contributed by atoms with Crippen molar-refractivity contribution in [2.75, 3.05) is 19.7 Å². The Hall–Kier alpha value is -0.170. The lowest BCUT2D eigenvalue weighted by atomic mass is 9.83. The maximum atomic E-state index is 12.5. The fourth-order valence-electron chi connectivity index (χ4n) is 3.22. The summed E-state index contributed by atoms with van der Waals surface area (Å²) >= 11 is 0. The third kappa shape index (κ3) is 3.68. The first-order chi connectivity index (χ1) is 8.97. The molecular weight excluding hydrogens is 264 g/mol. The highest BCUT2D eigenvalue weighted by atomic mass is 32.2. The molecule has 1 saturated carbocycles. The van der Waals surface area contributed by atoms with Gasteiger partial charge in [0.25, 0.3) is 10.2 Å². The number of hydrogen-bond acceptors (Lipinski definition) is 3. The Kier molecular flexibility index (Phi) is 4.87. The first kappa shape index (κ1) is 15.2. The van der Waals surface area contributed by atoms with Gasteiger partial charge in [-0.3, -0.25) is 0 Å². The van der Waals surface area contributed by atoms with Crippen molar-refractivity contribution >= 4 is 10.2 Å². The number of aliphatic hydroxyl groups excluding tert-OH is 1. The van der Waals surface area contributed by atoms with E-state index in [1.807, 2.05) is 0 Å². The minimum Gasteiger partial charge on any atom is -0.394 e. The lowest BCUT2D eigenvalue weighted by Crippen LogP contribution is -2.57. The second kappa shape index (κ2) is 6.08. The molecule has 112 valence electrons. The summed E-state index contributed by atoms with van der Waals surface area (Å²) in [7, 11) is -3.46. The van der Waals surface area contributed by atoms with Crippen LogP contribution in [-0.2, 0) is 10.2 Å². The molecule has 2 N–H and O–H groups in total. The molecule has 1 aliphatic carbocycles. The molecule has 1 heterocycles. The quantitative estimate of drug-likeness (QED) is 0.818. The van der Waals surface area contributed by atoms with Crippen molar-refractivity contribution in [3.05, 3.63) is 0 Å². The summed E-state index contributed by atoms with van der Waals surface area (Å²) in [4.78, 5) is 0. The van der Waals surface area contributed by atoms with Crippen LogP contribution in [0.5, 0.6) is 0 Å². The van der Waals surface area contributed by atoms with E-state index in [9.17, 15) is 13.5 Å². The van der Waals surface area contributed by atoms with Crippen LogP contribution in [0.2, 0.25) is 0 Å². The van der Waals surface area contributed by atoms with Crippen molar-refractivity contribution in [3.63, 3.8) is 0 Å². The minimum atomic E-state index is -3.46. The minimum absolute atomic E-state index is 0.102. The second-order valence-electron chi connectivity index (χ2n) is 6.21. The molecule has 1 atom stereocenters. The van der Waals surface area contributed by atoms with E-state index in [1.54, 1.807) is 4.31 Å². The smallest absolute Gasteiger partial charge is 0.280 e. The average molecular weight is 290 g/mol. The Balaban J connectivity index is 2.06. The summed E-state index contributed by atoms with van der Waals surface area (Å²) in [5.74, 6) is 0.418. The van der Waals surface area contributed by atoms with Gasteiger partial charge in [0, 0.05) is 13.1 Å². The zero-order valence-electron chi connectivity index (χ0n) is 11.8. The fraction of sp³-hybridized carbons (Fsp3) is 1.00. The highest BCUT2D eigenvalue weighted by molar-refractivity contribution is 7.87. The third-order valence-corrected chi connectivity index (χ3v) is 6.12. The van der Waals surface area contributed by atoms with E-state index in [-0.39, 0.29) is 6.61 Å². The van der Waals surface area contributed by atoms with E-state index in [4.69, 9.17) is 0 Å². The predicted octanol–water partition coefficient (Wildman–Crippen LogP) is 1.25. The van der Waals surface area contributed by atoms with Crippen molar-refractivity contribution in [3.8, 4) is 0 Å². The van der Waals surface area contributed by atoms with E-state index in [1.165, 1.54) is 0 Å². The fourth-order valence-corrected chi connectivity index (χ4v) is 4.99. The first-order valence-electron chi connectivity index (χ1n) is 7.37. The zero-order valence-corrected chi connectivity index (χ0v) is 12.6. The number of piperidine rings is 1. The molecule has 0 spiro atoms. The van der Waals surface area contributed by atoms with E-state index >= 15 is 0 Å². The van der Waals surface area contributed by atoms with Crippen LogP contribution < -0.4 is 4.72 Å². The summed E-state index contributed by atoms with van der Waals surface area (Å²) in [6, 6.07) is 0. The zero-order chi connectivity index (χ0) is 13.9. The summed E-state index contributed by atoms with van der Waals surface area (Å²) in [6.07, 6.45) is 6.60. The van der Waals surface area contributed by atoms with Gasteiger partial charge in [-0.05, 0) is 31.6 Å². The molecule has 0 aromatic carbocycles. The lowest BCUT2D eigenvalue weighted by Gasteiger charge is -2.39. The number of aliphatic hydroxyl groups is 1. The third-order valence-electron chi connectivity index (χ3n) is 4.42. The van der Waals surface area contributed by atoms with Crippen molar-refractivity contribution < 1.29 is 13.5 Å². The van der Waals surface area contributed by atoms with Gasteiger partial charge in [0.1, 0.15) is 0 Å². The average Bonchev–Trinajstić information content (AvgIpc) is 2.39. The molecule has 0 aromatic rings. The van der Waals surface area contributed by atoms with Gasteiger partial charge < -0.3 is 5.11 Å². The van der Waals surface area contributed by atoms with Crippen LogP contribution in [0.25, 0.3) is 0 Å². The molecule has 0 amide bonds. The molecule has 2 rings (SSSR count). The number of nitrogens with one attached hydrogen (secondary N) is 1. The Morgan fingerprint density at radius 3 is 2.53 bits per heavy atom. The standard InChI is InChI=1S/C13H26N2O3S/c1-12-6-5-9-15(10-12)19(17,18)14-13(11-16)7-3-2-4-8-13/h12,14,16H,2-11H2,1H3. The van der Waals surface area contributed by atoms with Gasteiger partial charge in [0.15, 0.2) is 0 Å². The molecule has 0 aromatic heterocycles. The maximum Gasteiger partial charge on any atom is 0.280 e. The van der Waals surface area contributed by atoms with E-state index < -0.39 is 15.7 Å². The molecule has 2 fully saturated rings. The molecule has 1 aliphatic heterocycles. The number of rotatable bonds is 4. The van der Waals surface area contributed by atoms with Gasteiger partial charge in [0.2, 0.25) is 0 Å². The van der Waals surface area contributed by atoms with Crippen LogP contribution in [0, 0.1) is 5.92 Å². The topological polar surface area (TPSA) is 69.6 Å². The van der Waals surface area contributed by atoms with Crippen LogP contribution in [0.3, 0.4) is 0 Å². The summed E-state index contributed by atoms with van der Waals surface area (Å²) in [6.45, 7) is 3.18. The van der Waals surface area contributed by atoms with Crippen molar-refractivity contribution in [1.29, 1.82) is 0 Å². The number of hydrogen-bond donors (Lipinski definition) is 2. The monoisotopic (exact) mass is 290 g/mol. The van der Waals surface area contributed by atoms with E-state index in [2.05, 4.69) is 11.6 Å². The highest BCUT2D eigenvalue weighted by Gasteiger charge is 2.38. The van der Waals surface area contributed by atoms with Gasteiger partial charge in [-0.2, -0.15) is 17.4 Å². The molecule has 1 unspecified atom stereocenters. The van der Waals surface area contributed by atoms with E-state index in [0.29, 0.717) is 19.0 Å². The molecule has 2 aliphatic rings. The van der Waals surface area contributed by atoms with Crippen LogP contribution >= 0.6 is 0 Å². The van der Waals surface area contributed by atoms with Crippen LogP contribution in [-0.4, -0.2) is 43.1 Å². The molecule has 6 heteroatoms. The predicted molar refractivity (Wildman–Crippen MR) is 74.9 cm³/mol. The molecule has 19 heavy (non-hydrogen) atoms. The summed E-state index contributed by atoms with van der Waals surface area (Å²) in [5.41, 5.74) is -0.627. The molecule has 1 saturated heterocycles. The van der Waals surface area contributed by atoms with Crippen LogP contribution in [0.4, 0.5) is 0 Å². The second-order valence-corrected chi connectivity index (χ2v) is 7.88. The first-order valence-corrected chi connectivity index (χ1v) is 8.81. The van der Waals surface area contributed by atoms with Gasteiger partial charge in [-0.1, -0.05) is 26.2 Å². The molecule has 0 bridgehead atoms. The van der Waals surface area contributed by atoms with Crippen LogP contribution in [0.15, 0.2) is 0 Å². The Morgan fingerprint density at radius 1 is 1.26 bits per heavy atom. The largest absolute Gasteiger partial charge is 0.394 e. The molecular formula is C13H26N2O3S. The number of nitrogens with zero attached hydrogens (tertiary/aromatic N) is 1. The lowest BCUT2D eigenvalue weighted by molar-refractivity contribution is 0.138. The summed E-state index contributed by atoms with van der Waals surface area (Å²) in [5, 5.41) is 9.61. The Labute approximate surface area is 116 Å². The van der Waals surface area contributed by atoms with E-state index in [0.717, 1.165) is 44.9 Å². The Bertz CT molecular complexity index is 391. The Morgan fingerprint density at radius 2 is 1.95 bits per heavy atom. The SMILES string of the molecule is CC1CCCN(S(=O)(=O)NC2(CO)CCCCC2)C1. The van der Waals surface area contributed by atoms with Gasteiger partial charge in [0.05, 0.1) is 12.1 Å². The molecule has 0 radical (unpaired) electrons. The van der Waals surface area contributed by atoms with Gasteiger partial charge in [-0.15, -0.1) is 0 Å². The van der Waals surface area contributed by atoms with Crippen molar-refractivity contribution in [2.45, 2.75) is 57.4 Å². The van der Waals surface area contributed by atoms with Crippen molar-refractivity contribution in [2.24, 2.45) is 5.92 Å². The summed E-state index contributed by atoms with van der Waals surface area (Å²) < 4.78 is 29.3. The normalized spacial score (nSPS) is 29.3. The van der Waals surface area contributed by atoms with Gasteiger partial charge >= 0.3 is 0 Å². The van der Waals surface area contributed by atoms with Crippen LogP contribution in [0.1, 0.15) is 51.9 Å². The van der Waals surface area contributed by atoms with Gasteiger partial charge in [-0.25, -0.2) is 0 Å². The molecule has 5 nitrogen and oxygen atoms in total.